The van der Waals surface area contributed by atoms with Gasteiger partial charge in [0.15, 0.2) is 0 Å². The Hall–Kier alpha value is -2.63. The van der Waals surface area contributed by atoms with Gasteiger partial charge in [0.1, 0.15) is 5.82 Å². The van der Waals surface area contributed by atoms with Crippen LogP contribution in [0.2, 0.25) is 0 Å². The normalized spacial score (nSPS) is 17.7. The molecule has 0 radical (unpaired) electrons. The van der Waals surface area contributed by atoms with Gasteiger partial charge >= 0.3 is 5.97 Å². The number of hydrogen-bond donors (Lipinski definition) is 1. The van der Waals surface area contributed by atoms with Crippen molar-refractivity contribution in [1.82, 2.24) is 10.3 Å². The number of hydrogen-bond acceptors (Lipinski definition) is 5. The number of amides is 1. The monoisotopic (exact) mass is 367 g/mol. The van der Waals surface area contributed by atoms with E-state index < -0.39 is 0 Å². The molecule has 1 saturated carbocycles. The van der Waals surface area contributed by atoms with E-state index in [9.17, 15) is 9.59 Å². The number of aromatic nitrogens is 1. The van der Waals surface area contributed by atoms with Crippen LogP contribution in [0.4, 0.5) is 5.82 Å². The Morgan fingerprint density at radius 2 is 1.93 bits per heavy atom. The largest absolute Gasteiger partial charge is 0.466 e. The molecule has 2 aliphatic rings. The van der Waals surface area contributed by atoms with Gasteiger partial charge in [-0.25, -0.2) is 4.98 Å². The van der Waals surface area contributed by atoms with Crippen LogP contribution in [0, 0.1) is 5.92 Å². The molecule has 4 rings (SSSR count). The van der Waals surface area contributed by atoms with E-state index in [1.54, 1.807) is 0 Å². The van der Waals surface area contributed by atoms with Crippen molar-refractivity contribution in [3.05, 3.63) is 35.9 Å². The smallest absolute Gasteiger partial charge is 0.309 e. The van der Waals surface area contributed by atoms with Crippen LogP contribution in [0.1, 0.15) is 43.0 Å². The number of para-hydroxylation sites is 1. The van der Waals surface area contributed by atoms with Crippen LogP contribution in [0.15, 0.2) is 30.3 Å². The van der Waals surface area contributed by atoms with E-state index in [0.717, 1.165) is 55.5 Å². The van der Waals surface area contributed by atoms with Crippen LogP contribution in [0.3, 0.4) is 0 Å². The highest BCUT2D eigenvalue weighted by Gasteiger charge is 2.28. The molecule has 0 unspecified atom stereocenters. The zero-order chi connectivity index (χ0) is 18.8. The number of anilines is 1. The molecular formula is C21H25N3O3. The Labute approximate surface area is 158 Å². The molecule has 2 aromatic rings. The lowest BCUT2D eigenvalue weighted by Crippen LogP contribution is -2.37. The van der Waals surface area contributed by atoms with E-state index in [2.05, 4.69) is 10.2 Å². The van der Waals surface area contributed by atoms with Crippen LogP contribution in [0.25, 0.3) is 10.9 Å². The van der Waals surface area contributed by atoms with Crippen LogP contribution in [-0.4, -0.2) is 42.6 Å². The second-order valence-electron chi connectivity index (χ2n) is 7.31. The first-order valence-corrected chi connectivity index (χ1v) is 9.78. The summed E-state index contributed by atoms with van der Waals surface area (Å²) in [5.41, 5.74) is 1.50. The third-order valence-corrected chi connectivity index (χ3v) is 5.30. The summed E-state index contributed by atoms with van der Waals surface area (Å²) >= 11 is 0. The fraction of sp³-hybridized carbons (Fsp3) is 0.476. The Kier molecular flexibility index (Phi) is 4.97. The molecular weight excluding hydrogens is 342 g/mol. The van der Waals surface area contributed by atoms with Gasteiger partial charge in [-0.3, -0.25) is 9.59 Å². The van der Waals surface area contributed by atoms with Crippen molar-refractivity contribution in [3.63, 3.8) is 0 Å². The molecule has 0 spiro atoms. The van der Waals surface area contributed by atoms with E-state index in [0.29, 0.717) is 18.2 Å². The molecule has 1 N–H and O–H groups in total. The number of fused-ring (bicyclic) bond motifs is 1. The summed E-state index contributed by atoms with van der Waals surface area (Å²) in [5, 5.41) is 3.96. The predicted octanol–water partition coefficient (Wildman–Crippen LogP) is 2.91. The lowest BCUT2D eigenvalue weighted by atomic mass is 9.97. The molecule has 1 amide bonds. The maximum Gasteiger partial charge on any atom is 0.309 e. The number of benzene rings is 1. The highest BCUT2D eigenvalue weighted by molar-refractivity contribution is 6.07. The van der Waals surface area contributed by atoms with Gasteiger partial charge in [0, 0.05) is 24.5 Å². The average Bonchev–Trinajstić information content (AvgIpc) is 3.51. The maximum absolute atomic E-state index is 12.7. The third-order valence-electron chi connectivity index (χ3n) is 5.30. The van der Waals surface area contributed by atoms with Gasteiger partial charge < -0.3 is 15.0 Å². The SMILES string of the molecule is CCOC(=O)C1CCN(c2cc(C(=O)NC3CC3)c3ccccc3n2)CC1. The Bertz CT molecular complexity index is 855. The minimum absolute atomic E-state index is 0.0289. The zero-order valence-corrected chi connectivity index (χ0v) is 15.6. The van der Waals surface area contributed by atoms with Crippen molar-refractivity contribution in [3.8, 4) is 0 Å². The summed E-state index contributed by atoms with van der Waals surface area (Å²) in [5.74, 6) is 0.628. The standard InChI is InChI=1S/C21H25N3O3/c1-2-27-21(26)14-9-11-24(12-10-14)19-13-17(20(25)22-15-7-8-15)16-5-3-4-6-18(16)23-19/h3-6,13-15H,2,7-12H2,1H3,(H,22,25). The Balaban J connectivity index is 1.57. The minimum atomic E-state index is -0.104. The summed E-state index contributed by atoms with van der Waals surface area (Å²) in [6.45, 7) is 3.72. The number of nitrogens with zero attached hydrogens (tertiary/aromatic N) is 2. The molecule has 2 heterocycles. The number of ether oxygens (including phenoxy) is 1. The van der Waals surface area contributed by atoms with Gasteiger partial charge in [0.25, 0.3) is 5.91 Å². The van der Waals surface area contributed by atoms with Gasteiger partial charge in [-0.15, -0.1) is 0 Å². The van der Waals surface area contributed by atoms with E-state index in [1.165, 1.54) is 0 Å². The molecule has 6 heteroatoms. The lowest BCUT2D eigenvalue weighted by Gasteiger charge is -2.32. The molecule has 0 atom stereocenters. The molecule has 0 bridgehead atoms. The predicted molar refractivity (Wildman–Crippen MR) is 104 cm³/mol. The molecule has 1 aliphatic carbocycles. The number of nitrogens with one attached hydrogen (secondary N) is 1. The van der Waals surface area contributed by atoms with Crippen LogP contribution in [0.5, 0.6) is 0 Å². The van der Waals surface area contributed by atoms with Gasteiger partial charge in [-0.2, -0.15) is 0 Å². The Morgan fingerprint density at radius 1 is 1.19 bits per heavy atom. The van der Waals surface area contributed by atoms with Crippen LogP contribution < -0.4 is 10.2 Å². The zero-order valence-electron chi connectivity index (χ0n) is 15.6. The van der Waals surface area contributed by atoms with Crippen molar-refractivity contribution in [1.29, 1.82) is 0 Å². The highest BCUT2D eigenvalue weighted by atomic mass is 16.5. The Morgan fingerprint density at radius 3 is 2.63 bits per heavy atom. The van der Waals surface area contributed by atoms with Crippen molar-refractivity contribution in [2.24, 2.45) is 5.92 Å². The number of carbonyl (C=O) groups excluding carboxylic acids is 2. The summed E-state index contributed by atoms with van der Waals surface area (Å²) in [6, 6.07) is 9.97. The van der Waals surface area contributed by atoms with E-state index >= 15 is 0 Å². The third kappa shape index (κ3) is 3.89. The first-order valence-electron chi connectivity index (χ1n) is 9.78. The second kappa shape index (κ2) is 7.55. The van der Waals surface area contributed by atoms with Crippen molar-refractivity contribution >= 4 is 28.6 Å². The van der Waals surface area contributed by atoms with Crippen molar-refractivity contribution in [2.45, 2.75) is 38.6 Å². The molecule has 1 saturated heterocycles. The highest BCUT2D eigenvalue weighted by Crippen LogP contribution is 2.28. The first kappa shape index (κ1) is 17.8. The van der Waals surface area contributed by atoms with Crippen molar-refractivity contribution < 1.29 is 14.3 Å². The van der Waals surface area contributed by atoms with Gasteiger partial charge in [0.2, 0.25) is 0 Å². The quantitative estimate of drug-likeness (QED) is 0.823. The van der Waals surface area contributed by atoms with E-state index in [4.69, 9.17) is 9.72 Å². The molecule has 6 nitrogen and oxygen atoms in total. The summed E-state index contributed by atoms with van der Waals surface area (Å²) in [7, 11) is 0. The van der Waals surface area contributed by atoms with E-state index in [-0.39, 0.29) is 17.8 Å². The average molecular weight is 367 g/mol. The van der Waals surface area contributed by atoms with Gasteiger partial charge in [-0.05, 0) is 44.7 Å². The minimum Gasteiger partial charge on any atom is -0.466 e. The number of piperidine rings is 1. The summed E-state index contributed by atoms with van der Waals surface area (Å²) in [4.78, 5) is 31.6. The second-order valence-corrected chi connectivity index (χ2v) is 7.31. The molecule has 1 aliphatic heterocycles. The van der Waals surface area contributed by atoms with E-state index in [1.807, 2.05) is 37.3 Å². The van der Waals surface area contributed by atoms with Crippen LogP contribution in [-0.2, 0) is 9.53 Å². The number of rotatable bonds is 5. The number of carbonyl (C=O) groups is 2. The summed E-state index contributed by atoms with van der Waals surface area (Å²) in [6.07, 6.45) is 3.61. The molecule has 2 fully saturated rings. The topological polar surface area (TPSA) is 71.5 Å². The molecule has 1 aromatic heterocycles. The number of esters is 1. The number of pyridine rings is 1. The first-order chi connectivity index (χ1) is 13.2. The van der Waals surface area contributed by atoms with Gasteiger partial charge in [-0.1, -0.05) is 18.2 Å². The molecule has 27 heavy (non-hydrogen) atoms. The van der Waals surface area contributed by atoms with Crippen molar-refractivity contribution in [2.75, 3.05) is 24.6 Å². The lowest BCUT2D eigenvalue weighted by molar-refractivity contribution is -0.148. The van der Waals surface area contributed by atoms with Gasteiger partial charge in [0.05, 0.1) is 23.6 Å². The fourth-order valence-corrected chi connectivity index (χ4v) is 3.61. The van der Waals surface area contributed by atoms with Crippen LogP contribution >= 0.6 is 0 Å². The molecule has 1 aromatic carbocycles. The molecule has 142 valence electrons. The summed E-state index contributed by atoms with van der Waals surface area (Å²) < 4.78 is 5.15. The fourth-order valence-electron chi connectivity index (χ4n) is 3.61. The maximum atomic E-state index is 12.7.